The third-order valence-corrected chi connectivity index (χ3v) is 6.15. The number of benzene rings is 1. The Morgan fingerprint density at radius 3 is 2.27 bits per heavy atom. The minimum Gasteiger partial charge on any atom is -0.731 e. The van der Waals surface area contributed by atoms with Gasteiger partial charge >= 0.3 is 35.5 Å². The van der Waals surface area contributed by atoms with E-state index in [0.717, 1.165) is 0 Å². The van der Waals surface area contributed by atoms with E-state index < -0.39 is 68.5 Å². The summed E-state index contributed by atoms with van der Waals surface area (Å²) in [6, 6.07) is 2.79. The van der Waals surface area contributed by atoms with Gasteiger partial charge in [-0.2, -0.15) is 4.72 Å². The zero-order valence-electron chi connectivity index (χ0n) is 15.6. The second-order valence-electron chi connectivity index (χ2n) is 6.08. The molecule has 1 aromatic carbocycles. The number of nitrogens with zero attached hydrogens (tertiary/aromatic N) is 1. The van der Waals surface area contributed by atoms with Crippen LogP contribution in [-0.4, -0.2) is 73.0 Å². The van der Waals surface area contributed by atoms with Gasteiger partial charge < -0.3 is 20.7 Å². The zero-order valence-corrected chi connectivity index (χ0v) is 19.2. The van der Waals surface area contributed by atoms with Gasteiger partial charge in [0.25, 0.3) is 5.91 Å². The molecule has 0 bridgehead atoms. The molecule has 3 atom stereocenters. The number of sulfonamides is 1. The van der Waals surface area contributed by atoms with Crippen molar-refractivity contribution in [3.63, 3.8) is 0 Å². The van der Waals surface area contributed by atoms with Gasteiger partial charge in [0.2, 0.25) is 15.9 Å². The van der Waals surface area contributed by atoms with Crippen molar-refractivity contribution in [3.8, 4) is 0 Å². The van der Waals surface area contributed by atoms with Gasteiger partial charge in [-0.1, -0.05) is 30.3 Å². The van der Waals surface area contributed by atoms with E-state index in [-0.39, 0.29) is 39.4 Å². The largest absolute Gasteiger partial charge is 1.00 e. The summed E-state index contributed by atoms with van der Waals surface area (Å²) < 4.78 is 59.0. The van der Waals surface area contributed by atoms with Crippen LogP contribution in [0.4, 0.5) is 0 Å². The van der Waals surface area contributed by atoms with E-state index >= 15 is 0 Å². The third-order valence-electron chi connectivity index (χ3n) is 3.89. The number of carbonyl (C=O) groups excluding carboxylic acids is 2. The van der Waals surface area contributed by atoms with Crippen molar-refractivity contribution >= 4 is 38.1 Å². The fraction of sp³-hybridized carbons (Fsp3) is 0.357. The van der Waals surface area contributed by atoms with Gasteiger partial charge in [-0.15, -0.1) is 0 Å². The SMILES string of the molecule is NC(CS(=O)(=O)N[C@@H](C(=O)NC1CN(S(=O)(=O)[O-])C1=O)c1ccccc1)C(=O)O.[Na+]. The Labute approximate surface area is 194 Å². The van der Waals surface area contributed by atoms with Crippen molar-refractivity contribution in [2.75, 3.05) is 12.3 Å². The minimum absolute atomic E-state index is 0. The van der Waals surface area contributed by atoms with E-state index in [9.17, 15) is 35.8 Å². The second kappa shape index (κ2) is 10.1. The number of nitrogens with two attached hydrogens (primary N) is 1. The number of rotatable bonds is 9. The summed E-state index contributed by atoms with van der Waals surface area (Å²) in [6.45, 7) is -0.589. The summed E-state index contributed by atoms with van der Waals surface area (Å²) in [7, 11) is -9.35. The molecule has 0 aromatic heterocycles. The molecule has 0 spiro atoms. The van der Waals surface area contributed by atoms with Gasteiger partial charge in [0.1, 0.15) is 18.1 Å². The van der Waals surface area contributed by atoms with Crippen LogP contribution >= 0.6 is 0 Å². The number of hydrogen-bond acceptors (Lipinski definition) is 9. The van der Waals surface area contributed by atoms with Crippen LogP contribution in [0, 0.1) is 0 Å². The summed E-state index contributed by atoms with van der Waals surface area (Å²) in [6.07, 6.45) is 0. The van der Waals surface area contributed by atoms with E-state index in [1.807, 2.05) is 4.72 Å². The molecule has 30 heavy (non-hydrogen) atoms. The molecule has 2 amide bonds. The van der Waals surface area contributed by atoms with Crippen molar-refractivity contribution in [2.24, 2.45) is 5.73 Å². The molecule has 1 aromatic rings. The fourth-order valence-electron chi connectivity index (χ4n) is 2.41. The fourth-order valence-corrected chi connectivity index (χ4v) is 4.41. The Morgan fingerprint density at radius 2 is 1.80 bits per heavy atom. The molecule has 1 aliphatic rings. The molecule has 1 fully saturated rings. The Bertz CT molecular complexity index is 1020. The van der Waals surface area contributed by atoms with Crippen LogP contribution in [0.25, 0.3) is 0 Å². The zero-order chi connectivity index (χ0) is 22.0. The van der Waals surface area contributed by atoms with E-state index in [1.165, 1.54) is 24.3 Å². The molecule has 16 heteroatoms. The number of carboxylic acid groups (broad SMARTS) is 1. The van der Waals surface area contributed by atoms with Crippen molar-refractivity contribution in [3.05, 3.63) is 35.9 Å². The molecule has 5 N–H and O–H groups in total. The van der Waals surface area contributed by atoms with E-state index in [1.54, 1.807) is 6.07 Å². The number of aliphatic carboxylic acids is 1. The van der Waals surface area contributed by atoms with Gasteiger partial charge in [0, 0.05) is 0 Å². The first-order valence-electron chi connectivity index (χ1n) is 7.93. The molecule has 0 radical (unpaired) electrons. The molecule has 1 saturated heterocycles. The van der Waals surface area contributed by atoms with Gasteiger partial charge in [0.05, 0.1) is 12.3 Å². The Balaban J connectivity index is 0.00000450. The number of amides is 2. The molecule has 1 heterocycles. The standard InChI is InChI=1S/C14H18N4O9S2.Na/c15-9(14(21)22)7-28(23,24)17-11(8-4-2-1-3-5-8)12(19)16-10-6-18(13(10)20)29(25,26)27;/h1-5,9-11,17H,6-7,15H2,(H,16,19)(H,21,22)(H,25,26,27);/q;+1/p-1/t9?,10?,11-;/m1./s1. The van der Waals surface area contributed by atoms with Crippen LogP contribution in [0.3, 0.4) is 0 Å². The van der Waals surface area contributed by atoms with Crippen LogP contribution in [0.5, 0.6) is 0 Å². The number of nitrogens with one attached hydrogen (secondary N) is 2. The van der Waals surface area contributed by atoms with Crippen molar-refractivity contribution in [2.45, 2.75) is 18.1 Å². The molecule has 160 valence electrons. The molecular formula is C14H17N4NaO9S2. The molecule has 2 unspecified atom stereocenters. The van der Waals surface area contributed by atoms with Crippen molar-refractivity contribution < 1.29 is 70.4 Å². The first kappa shape index (κ1) is 26.4. The van der Waals surface area contributed by atoms with Crippen molar-refractivity contribution in [1.82, 2.24) is 14.3 Å². The topological polar surface area (TPSA) is 216 Å². The van der Waals surface area contributed by atoms with Gasteiger partial charge in [0.15, 0.2) is 10.3 Å². The molecule has 13 nitrogen and oxygen atoms in total. The van der Waals surface area contributed by atoms with Crippen LogP contribution in [0.2, 0.25) is 0 Å². The molecule has 1 aliphatic heterocycles. The maximum Gasteiger partial charge on any atom is 1.00 e. The third kappa shape index (κ3) is 6.71. The summed E-state index contributed by atoms with van der Waals surface area (Å²) >= 11 is 0. The second-order valence-corrected chi connectivity index (χ2v) is 9.17. The Hall–Kier alpha value is -1.59. The van der Waals surface area contributed by atoms with Gasteiger partial charge in [-0.25, -0.2) is 21.1 Å². The average Bonchev–Trinajstić information content (AvgIpc) is 2.61. The predicted octanol–water partition coefficient (Wildman–Crippen LogP) is -6.15. The minimum atomic E-state index is -5.01. The van der Waals surface area contributed by atoms with Gasteiger partial charge in [-0.3, -0.25) is 14.4 Å². The van der Waals surface area contributed by atoms with Crippen LogP contribution in [0.1, 0.15) is 11.6 Å². The monoisotopic (exact) mass is 472 g/mol. The first-order valence-corrected chi connectivity index (χ1v) is 10.9. The molecular weight excluding hydrogens is 455 g/mol. The maximum atomic E-state index is 12.6. The summed E-state index contributed by atoms with van der Waals surface area (Å²) in [5.74, 6) is -4.74. The maximum absolute atomic E-state index is 12.6. The van der Waals surface area contributed by atoms with Crippen LogP contribution in [-0.2, 0) is 34.7 Å². The van der Waals surface area contributed by atoms with E-state index in [4.69, 9.17) is 10.8 Å². The number of β-lactam (4-membered cyclic amide) rings is 1. The van der Waals surface area contributed by atoms with E-state index in [2.05, 4.69) is 5.32 Å². The normalized spacial score (nSPS) is 18.5. The van der Waals surface area contributed by atoms with Crippen LogP contribution < -0.4 is 45.3 Å². The van der Waals surface area contributed by atoms with Crippen LogP contribution in [0.15, 0.2) is 30.3 Å². The number of carbonyl (C=O) groups is 3. The number of carboxylic acids is 1. The number of hydrogen-bond donors (Lipinski definition) is 4. The predicted molar refractivity (Wildman–Crippen MR) is 95.1 cm³/mol. The van der Waals surface area contributed by atoms with Crippen molar-refractivity contribution in [1.29, 1.82) is 0 Å². The molecule has 0 aliphatic carbocycles. The summed E-state index contributed by atoms with van der Waals surface area (Å²) in [4.78, 5) is 35.1. The Kier molecular flexibility index (Phi) is 8.94. The van der Waals surface area contributed by atoms with Gasteiger partial charge in [-0.05, 0) is 5.56 Å². The van der Waals surface area contributed by atoms with E-state index in [0.29, 0.717) is 0 Å². The summed E-state index contributed by atoms with van der Waals surface area (Å²) in [5.41, 5.74) is 5.39. The first-order chi connectivity index (χ1) is 13.3. The molecule has 0 saturated carbocycles. The smallest absolute Gasteiger partial charge is 0.731 e. The Morgan fingerprint density at radius 1 is 1.23 bits per heavy atom. The quantitative estimate of drug-likeness (QED) is 0.151. The average molecular weight is 472 g/mol. The molecule has 2 rings (SSSR count). The summed E-state index contributed by atoms with van der Waals surface area (Å²) in [5, 5.41) is 10.9.